The van der Waals surface area contributed by atoms with Crippen LogP contribution in [-0.4, -0.2) is 11.6 Å². The molecule has 79 valence electrons. The van der Waals surface area contributed by atoms with E-state index in [0.717, 1.165) is 0 Å². The maximum absolute atomic E-state index is 11.3. The summed E-state index contributed by atoms with van der Waals surface area (Å²) >= 11 is 0. The van der Waals surface area contributed by atoms with E-state index in [2.05, 4.69) is 20.8 Å². The lowest BCUT2D eigenvalue weighted by atomic mass is 10.2. The summed E-state index contributed by atoms with van der Waals surface area (Å²) in [6.45, 7) is 0. The summed E-state index contributed by atoms with van der Waals surface area (Å²) in [7, 11) is 0. The Bertz CT molecular complexity index is 462. The average Bonchev–Trinajstić information content (AvgIpc) is 2.33. The fourth-order valence-electron chi connectivity index (χ4n) is 1.14. The third-order valence-electron chi connectivity index (χ3n) is 1.91. The van der Waals surface area contributed by atoms with Gasteiger partial charge in [-0.15, -0.1) is 10.5 Å². The Morgan fingerprint density at radius 1 is 1.19 bits per heavy atom. The summed E-state index contributed by atoms with van der Waals surface area (Å²) in [6, 6.07) is 9.17. The number of ketones is 1. The highest BCUT2D eigenvalue weighted by Crippen LogP contribution is 2.06. The van der Waals surface area contributed by atoms with Gasteiger partial charge in [0.25, 0.3) is 0 Å². The summed E-state index contributed by atoms with van der Waals surface area (Å²) in [5, 5.41) is 7.25. The number of allylic oxidation sites excluding steroid dienone is 1. The van der Waals surface area contributed by atoms with Crippen molar-refractivity contribution in [3.8, 4) is 0 Å². The second kappa shape index (κ2) is 4.97. The molecule has 0 fully saturated rings. The van der Waals surface area contributed by atoms with E-state index >= 15 is 0 Å². The van der Waals surface area contributed by atoms with Gasteiger partial charge in [0.2, 0.25) is 11.6 Å². The Morgan fingerprint density at radius 3 is 2.75 bits per heavy atom. The van der Waals surface area contributed by atoms with Crippen molar-refractivity contribution in [1.29, 1.82) is 0 Å². The van der Waals surface area contributed by atoms with Gasteiger partial charge < -0.3 is 0 Å². The number of carbonyl (C=O) groups excluding carboxylic acids is 1. The van der Waals surface area contributed by atoms with Gasteiger partial charge in [-0.05, 0) is 17.4 Å². The molecule has 1 aromatic carbocycles. The highest BCUT2D eigenvalue weighted by atomic mass is 16.1. The summed E-state index contributed by atoms with van der Waals surface area (Å²) in [5.41, 5.74) is 4.52. The molecule has 0 atom stereocenters. The molecule has 0 aromatic heterocycles. The molecule has 1 aliphatic rings. The van der Waals surface area contributed by atoms with Gasteiger partial charge in [-0.3, -0.25) is 4.79 Å². The Morgan fingerprint density at radius 2 is 2.00 bits per heavy atom. The van der Waals surface area contributed by atoms with Gasteiger partial charge in [0.05, 0.1) is 5.69 Å². The highest BCUT2D eigenvalue weighted by Gasteiger charge is 2.11. The third-order valence-corrected chi connectivity index (χ3v) is 1.91. The van der Waals surface area contributed by atoms with Crippen LogP contribution in [0.1, 0.15) is 6.42 Å². The van der Waals surface area contributed by atoms with Crippen molar-refractivity contribution in [3.63, 3.8) is 0 Å². The standard InChI is InChI=1S/C11H9N4O/c16-10-7-4-8-12-11(10)14-15-13-9-5-2-1-3-6-9/h1-6,8H,7H2. The number of aliphatic imine (C=N–C) groups is 1. The Labute approximate surface area is 92.6 Å². The lowest BCUT2D eigenvalue weighted by molar-refractivity contribution is -0.112. The molecule has 0 saturated carbocycles. The molecular weight excluding hydrogens is 204 g/mol. The zero-order chi connectivity index (χ0) is 11.2. The minimum absolute atomic E-state index is 0.0992. The monoisotopic (exact) mass is 213 g/mol. The number of nitrogens with zero attached hydrogens (tertiary/aromatic N) is 4. The van der Waals surface area contributed by atoms with Gasteiger partial charge in [-0.1, -0.05) is 24.3 Å². The van der Waals surface area contributed by atoms with Crippen LogP contribution < -0.4 is 5.43 Å². The highest BCUT2D eigenvalue weighted by molar-refractivity contribution is 6.40. The second-order valence-corrected chi connectivity index (χ2v) is 3.09. The number of carbonyl (C=O) groups is 1. The molecule has 0 amide bonds. The number of rotatable bonds is 2. The first-order chi connectivity index (χ1) is 7.86. The fraction of sp³-hybridized carbons (Fsp3) is 0.0909. The van der Waals surface area contributed by atoms with Crippen LogP contribution in [0.25, 0.3) is 0 Å². The van der Waals surface area contributed by atoms with E-state index in [9.17, 15) is 4.79 Å². The minimum atomic E-state index is -0.144. The van der Waals surface area contributed by atoms with Crippen molar-refractivity contribution in [3.05, 3.63) is 42.6 Å². The first kappa shape index (κ1) is 10.2. The molecule has 5 nitrogen and oxygen atoms in total. The van der Waals surface area contributed by atoms with E-state index in [1.807, 2.05) is 18.2 Å². The van der Waals surface area contributed by atoms with E-state index in [0.29, 0.717) is 12.1 Å². The molecule has 1 radical (unpaired) electrons. The van der Waals surface area contributed by atoms with Gasteiger partial charge in [0.15, 0.2) is 0 Å². The molecule has 0 spiro atoms. The molecule has 0 N–H and O–H groups in total. The van der Waals surface area contributed by atoms with Crippen LogP contribution in [0.4, 0.5) is 5.69 Å². The van der Waals surface area contributed by atoms with Gasteiger partial charge in [0.1, 0.15) is 0 Å². The van der Waals surface area contributed by atoms with Gasteiger partial charge in [-0.25, -0.2) is 4.99 Å². The quantitative estimate of drug-likeness (QED) is 0.548. The molecule has 0 saturated heterocycles. The fourth-order valence-corrected chi connectivity index (χ4v) is 1.14. The Hall–Kier alpha value is -2.30. The van der Waals surface area contributed by atoms with Crippen LogP contribution in [0, 0.1) is 0 Å². The predicted molar refractivity (Wildman–Crippen MR) is 59.3 cm³/mol. The maximum atomic E-state index is 11.3. The molecule has 1 heterocycles. The Kier molecular flexibility index (Phi) is 3.18. The summed E-state index contributed by atoms with van der Waals surface area (Å²) in [5.74, 6) is -0.0447. The normalized spacial score (nSPS) is 15.2. The topological polar surface area (TPSA) is 68.2 Å². The van der Waals surface area contributed by atoms with Crippen molar-refractivity contribution < 1.29 is 4.79 Å². The molecule has 2 rings (SSSR count). The van der Waals surface area contributed by atoms with Crippen molar-refractivity contribution in [2.24, 2.45) is 15.3 Å². The van der Waals surface area contributed by atoms with Crippen molar-refractivity contribution in [1.82, 2.24) is 5.43 Å². The summed E-state index contributed by atoms with van der Waals surface area (Å²) in [6.07, 6.45) is 3.54. The average molecular weight is 213 g/mol. The van der Waals surface area contributed by atoms with E-state index < -0.39 is 0 Å². The maximum Gasteiger partial charge on any atom is 0.219 e. The molecule has 0 unspecified atom stereocenters. The zero-order valence-corrected chi connectivity index (χ0v) is 8.45. The number of Topliss-reactive ketones (excluding diaryl/α,β-unsaturated/α-hetero) is 1. The molecule has 1 aliphatic heterocycles. The van der Waals surface area contributed by atoms with E-state index in [1.54, 1.807) is 18.2 Å². The third kappa shape index (κ3) is 2.60. The van der Waals surface area contributed by atoms with Gasteiger partial charge >= 0.3 is 0 Å². The van der Waals surface area contributed by atoms with Gasteiger partial charge in [-0.2, -0.15) is 0 Å². The number of hydrogen-bond acceptors (Lipinski definition) is 4. The largest absolute Gasteiger partial charge is 0.290 e. The second-order valence-electron chi connectivity index (χ2n) is 3.09. The molecule has 16 heavy (non-hydrogen) atoms. The number of benzene rings is 1. The van der Waals surface area contributed by atoms with Crippen LogP contribution in [-0.2, 0) is 4.79 Å². The van der Waals surface area contributed by atoms with E-state index in [1.165, 1.54) is 6.20 Å². The Balaban J connectivity index is 1.98. The van der Waals surface area contributed by atoms with Crippen LogP contribution in [0.5, 0.6) is 0 Å². The van der Waals surface area contributed by atoms with Crippen LogP contribution in [0.3, 0.4) is 0 Å². The lowest BCUT2D eigenvalue weighted by Gasteiger charge is -1.98. The SMILES string of the molecule is O=C1CC=CN=C1N=N[N]c1ccccc1. The minimum Gasteiger partial charge on any atom is -0.290 e. The van der Waals surface area contributed by atoms with Crippen molar-refractivity contribution in [2.45, 2.75) is 6.42 Å². The smallest absolute Gasteiger partial charge is 0.219 e. The zero-order valence-electron chi connectivity index (χ0n) is 8.45. The predicted octanol–water partition coefficient (Wildman–Crippen LogP) is 2.17. The molecule has 0 aliphatic carbocycles. The van der Waals surface area contributed by atoms with Crippen LogP contribution in [0.2, 0.25) is 0 Å². The van der Waals surface area contributed by atoms with Crippen molar-refractivity contribution >= 4 is 17.3 Å². The van der Waals surface area contributed by atoms with E-state index in [-0.39, 0.29) is 11.6 Å². The first-order valence-electron chi connectivity index (χ1n) is 4.79. The molecule has 1 aromatic rings. The number of hydrogen-bond donors (Lipinski definition) is 0. The van der Waals surface area contributed by atoms with E-state index in [4.69, 9.17) is 0 Å². The van der Waals surface area contributed by atoms with Gasteiger partial charge in [0, 0.05) is 12.6 Å². The van der Waals surface area contributed by atoms with Crippen molar-refractivity contribution in [2.75, 3.05) is 0 Å². The molecular formula is C11H9N4O. The molecule has 0 bridgehead atoms. The van der Waals surface area contributed by atoms with Crippen LogP contribution in [0.15, 0.2) is 57.9 Å². The summed E-state index contributed by atoms with van der Waals surface area (Å²) < 4.78 is 0. The number of amidine groups is 1. The lowest BCUT2D eigenvalue weighted by Crippen LogP contribution is -2.12. The first-order valence-corrected chi connectivity index (χ1v) is 4.79. The summed E-state index contributed by atoms with van der Waals surface area (Å²) in [4.78, 5) is 15.1. The van der Waals surface area contributed by atoms with Crippen LogP contribution >= 0.6 is 0 Å². The molecule has 5 heteroatoms.